The molecule has 1 aromatic carbocycles. The van der Waals surface area contributed by atoms with Crippen LogP contribution < -0.4 is 5.32 Å². The molecule has 0 aliphatic carbocycles. The highest BCUT2D eigenvalue weighted by atomic mass is 16.1. The van der Waals surface area contributed by atoms with Crippen molar-refractivity contribution in [1.82, 2.24) is 19.6 Å². The Labute approximate surface area is 122 Å². The first-order chi connectivity index (χ1) is 10.2. The van der Waals surface area contributed by atoms with Crippen molar-refractivity contribution in [2.45, 2.75) is 6.54 Å². The van der Waals surface area contributed by atoms with Gasteiger partial charge >= 0.3 is 0 Å². The smallest absolute Gasteiger partial charge is 0.256 e. The molecule has 106 valence electrons. The first-order valence-electron chi connectivity index (χ1n) is 6.58. The molecule has 0 saturated carbocycles. The van der Waals surface area contributed by atoms with E-state index in [0.29, 0.717) is 17.9 Å². The zero-order valence-electron chi connectivity index (χ0n) is 11.6. The summed E-state index contributed by atoms with van der Waals surface area (Å²) >= 11 is 0. The highest BCUT2D eigenvalue weighted by Crippen LogP contribution is 2.10. The summed E-state index contributed by atoms with van der Waals surface area (Å²) in [5, 5.41) is 11.1. The van der Waals surface area contributed by atoms with Crippen LogP contribution in [0.4, 0.5) is 5.82 Å². The Balaban J connectivity index is 1.74. The van der Waals surface area contributed by atoms with E-state index < -0.39 is 0 Å². The van der Waals surface area contributed by atoms with Gasteiger partial charge in [0.1, 0.15) is 0 Å². The van der Waals surface area contributed by atoms with Crippen molar-refractivity contribution in [2.24, 2.45) is 7.05 Å². The zero-order chi connectivity index (χ0) is 14.7. The van der Waals surface area contributed by atoms with Gasteiger partial charge in [-0.25, -0.2) is 0 Å². The molecule has 3 rings (SSSR count). The number of carbonyl (C=O) groups is 1. The van der Waals surface area contributed by atoms with Crippen molar-refractivity contribution in [1.29, 1.82) is 0 Å². The van der Waals surface area contributed by atoms with E-state index in [1.54, 1.807) is 36.3 Å². The second-order valence-corrected chi connectivity index (χ2v) is 4.73. The minimum absolute atomic E-state index is 0.170. The van der Waals surface area contributed by atoms with Crippen molar-refractivity contribution in [2.75, 3.05) is 5.32 Å². The molecular formula is C15H15N5O. The molecule has 0 saturated heterocycles. The van der Waals surface area contributed by atoms with Crippen molar-refractivity contribution in [3.63, 3.8) is 0 Å². The Morgan fingerprint density at radius 1 is 1.24 bits per heavy atom. The SMILES string of the molecule is Cn1ccc(NC(=O)c2cccc(Cn3cccn3)c2)n1. The molecule has 0 bridgehead atoms. The van der Waals surface area contributed by atoms with Crippen LogP contribution in [-0.4, -0.2) is 25.5 Å². The van der Waals surface area contributed by atoms with E-state index in [-0.39, 0.29) is 5.91 Å². The zero-order valence-corrected chi connectivity index (χ0v) is 11.6. The molecule has 2 aromatic heterocycles. The van der Waals surface area contributed by atoms with Crippen LogP contribution in [0.15, 0.2) is 55.0 Å². The molecular weight excluding hydrogens is 266 g/mol. The molecule has 6 nitrogen and oxygen atoms in total. The summed E-state index contributed by atoms with van der Waals surface area (Å²) in [4.78, 5) is 12.2. The summed E-state index contributed by atoms with van der Waals surface area (Å²) in [5.74, 6) is 0.371. The van der Waals surface area contributed by atoms with Gasteiger partial charge in [-0.2, -0.15) is 10.2 Å². The first kappa shape index (κ1) is 13.1. The Morgan fingerprint density at radius 2 is 2.14 bits per heavy atom. The Hall–Kier alpha value is -2.89. The van der Waals surface area contributed by atoms with Crippen molar-refractivity contribution in [3.8, 4) is 0 Å². The monoisotopic (exact) mass is 281 g/mol. The number of hydrogen-bond acceptors (Lipinski definition) is 3. The molecule has 1 N–H and O–H groups in total. The van der Waals surface area contributed by atoms with Gasteiger partial charge in [-0.15, -0.1) is 0 Å². The third-order valence-electron chi connectivity index (χ3n) is 3.05. The number of aryl methyl sites for hydroxylation is 1. The molecule has 0 radical (unpaired) electrons. The number of hydrogen-bond donors (Lipinski definition) is 1. The van der Waals surface area contributed by atoms with Crippen LogP contribution in [0.5, 0.6) is 0 Å². The lowest BCUT2D eigenvalue weighted by Crippen LogP contribution is -2.13. The lowest BCUT2D eigenvalue weighted by Gasteiger charge is -2.06. The van der Waals surface area contributed by atoms with Crippen molar-refractivity contribution >= 4 is 11.7 Å². The minimum atomic E-state index is -0.170. The third kappa shape index (κ3) is 3.17. The van der Waals surface area contributed by atoms with Crippen LogP contribution in [0.1, 0.15) is 15.9 Å². The number of anilines is 1. The quantitative estimate of drug-likeness (QED) is 0.794. The lowest BCUT2D eigenvalue weighted by atomic mass is 10.1. The van der Waals surface area contributed by atoms with Crippen LogP contribution in [0.3, 0.4) is 0 Å². The van der Waals surface area contributed by atoms with Gasteiger partial charge in [0.2, 0.25) is 0 Å². The van der Waals surface area contributed by atoms with Gasteiger partial charge in [-0.05, 0) is 23.8 Å². The van der Waals surface area contributed by atoms with Crippen LogP contribution in [0, 0.1) is 0 Å². The molecule has 21 heavy (non-hydrogen) atoms. The predicted octanol–water partition coefficient (Wildman–Crippen LogP) is 1.92. The van der Waals surface area contributed by atoms with E-state index >= 15 is 0 Å². The number of amides is 1. The van der Waals surface area contributed by atoms with Gasteiger partial charge in [0.15, 0.2) is 5.82 Å². The number of carbonyl (C=O) groups excluding carboxylic acids is 1. The van der Waals surface area contributed by atoms with Gasteiger partial charge in [-0.3, -0.25) is 14.2 Å². The molecule has 0 aliphatic heterocycles. The molecule has 0 unspecified atom stereocenters. The van der Waals surface area contributed by atoms with Gasteiger partial charge < -0.3 is 5.32 Å². The fourth-order valence-corrected chi connectivity index (χ4v) is 2.06. The van der Waals surface area contributed by atoms with Crippen molar-refractivity contribution in [3.05, 3.63) is 66.1 Å². The van der Waals surface area contributed by atoms with Crippen LogP contribution in [0.25, 0.3) is 0 Å². The fourth-order valence-electron chi connectivity index (χ4n) is 2.06. The summed E-state index contributed by atoms with van der Waals surface area (Å²) in [6.45, 7) is 0.637. The standard InChI is InChI=1S/C15H15N5O/c1-19-9-6-14(18-19)17-15(21)13-5-2-4-12(10-13)11-20-8-3-7-16-20/h2-10H,11H2,1H3,(H,17,18,21). The number of aromatic nitrogens is 4. The second kappa shape index (κ2) is 5.62. The average molecular weight is 281 g/mol. The van der Waals surface area contributed by atoms with E-state index in [1.165, 1.54) is 0 Å². The van der Waals surface area contributed by atoms with Gasteiger partial charge in [0.25, 0.3) is 5.91 Å². The lowest BCUT2D eigenvalue weighted by molar-refractivity contribution is 0.102. The highest BCUT2D eigenvalue weighted by molar-refractivity contribution is 6.03. The maximum absolute atomic E-state index is 12.2. The Morgan fingerprint density at radius 3 is 2.86 bits per heavy atom. The summed E-state index contributed by atoms with van der Waals surface area (Å²) in [7, 11) is 1.81. The maximum atomic E-state index is 12.2. The number of nitrogens with one attached hydrogen (secondary N) is 1. The molecule has 0 atom stereocenters. The molecule has 6 heteroatoms. The predicted molar refractivity (Wildman–Crippen MR) is 78.9 cm³/mol. The second-order valence-electron chi connectivity index (χ2n) is 4.73. The molecule has 0 spiro atoms. The maximum Gasteiger partial charge on any atom is 0.256 e. The van der Waals surface area contributed by atoms with Gasteiger partial charge in [0, 0.05) is 37.3 Å². The normalized spacial score (nSPS) is 10.5. The van der Waals surface area contributed by atoms with E-state index in [1.807, 2.05) is 35.1 Å². The summed E-state index contributed by atoms with van der Waals surface area (Å²) in [6.07, 6.45) is 5.40. The van der Waals surface area contributed by atoms with E-state index in [2.05, 4.69) is 15.5 Å². The minimum Gasteiger partial charge on any atom is -0.305 e. The van der Waals surface area contributed by atoms with E-state index in [9.17, 15) is 4.79 Å². The number of nitrogens with zero attached hydrogens (tertiary/aromatic N) is 4. The van der Waals surface area contributed by atoms with Gasteiger partial charge in [0.05, 0.1) is 6.54 Å². The first-order valence-corrected chi connectivity index (χ1v) is 6.58. The van der Waals surface area contributed by atoms with E-state index in [4.69, 9.17) is 0 Å². The molecule has 3 aromatic rings. The topological polar surface area (TPSA) is 64.7 Å². The summed E-state index contributed by atoms with van der Waals surface area (Å²) in [5.41, 5.74) is 1.62. The Bertz CT molecular complexity index is 745. The average Bonchev–Trinajstić information content (AvgIpc) is 3.11. The molecule has 1 amide bonds. The van der Waals surface area contributed by atoms with E-state index in [0.717, 1.165) is 5.56 Å². The summed E-state index contributed by atoms with van der Waals surface area (Å²) < 4.78 is 3.46. The molecule has 0 aliphatic rings. The number of rotatable bonds is 4. The Kier molecular flexibility index (Phi) is 3.51. The van der Waals surface area contributed by atoms with Crippen LogP contribution in [-0.2, 0) is 13.6 Å². The van der Waals surface area contributed by atoms with Crippen LogP contribution in [0.2, 0.25) is 0 Å². The highest BCUT2D eigenvalue weighted by Gasteiger charge is 2.08. The number of benzene rings is 1. The third-order valence-corrected chi connectivity index (χ3v) is 3.05. The largest absolute Gasteiger partial charge is 0.305 e. The molecule has 2 heterocycles. The van der Waals surface area contributed by atoms with Gasteiger partial charge in [-0.1, -0.05) is 12.1 Å². The van der Waals surface area contributed by atoms with Crippen LogP contribution >= 0.6 is 0 Å². The summed E-state index contributed by atoms with van der Waals surface area (Å²) in [6, 6.07) is 11.1. The van der Waals surface area contributed by atoms with Crippen molar-refractivity contribution < 1.29 is 4.79 Å². The fraction of sp³-hybridized carbons (Fsp3) is 0.133. The molecule has 0 fully saturated rings.